The van der Waals surface area contributed by atoms with Crippen LogP contribution in [0.2, 0.25) is 5.02 Å². The van der Waals surface area contributed by atoms with Gasteiger partial charge in [0.2, 0.25) is 0 Å². The maximum absolute atomic E-state index is 12.6. The van der Waals surface area contributed by atoms with Crippen LogP contribution in [0.15, 0.2) is 42.6 Å². The standard InChI is InChI=1S/C18H19ClF3N3/c19-15-4-1-13(2-5-15)11-23-16-7-9-25(10-8-16)17-6-3-14(12-24-17)18(20,21)22/h1-6,12,16,23H,7-11H2. The molecule has 2 heterocycles. The SMILES string of the molecule is FC(F)(F)c1ccc(N2CCC(NCc3ccc(Cl)cc3)CC2)nc1. The van der Waals surface area contributed by atoms with E-state index in [0.717, 1.165) is 49.8 Å². The average molecular weight is 370 g/mol. The molecular weight excluding hydrogens is 351 g/mol. The molecule has 0 saturated carbocycles. The first-order chi connectivity index (χ1) is 11.9. The van der Waals surface area contributed by atoms with E-state index in [1.807, 2.05) is 29.2 Å². The van der Waals surface area contributed by atoms with Crippen LogP contribution in [0.5, 0.6) is 0 Å². The third-order valence-electron chi connectivity index (χ3n) is 4.40. The molecule has 1 N–H and O–H groups in total. The van der Waals surface area contributed by atoms with Gasteiger partial charge in [0.1, 0.15) is 5.82 Å². The number of halogens is 4. The molecule has 25 heavy (non-hydrogen) atoms. The minimum absolute atomic E-state index is 0.390. The van der Waals surface area contributed by atoms with Crippen LogP contribution in [-0.4, -0.2) is 24.1 Å². The first-order valence-electron chi connectivity index (χ1n) is 8.18. The Labute approximate surface area is 149 Å². The van der Waals surface area contributed by atoms with Gasteiger partial charge in [-0.25, -0.2) is 4.98 Å². The molecule has 0 aliphatic carbocycles. The first-order valence-corrected chi connectivity index (χ1v) is 8.55. The van der Waals surface area contributed by atoms with Gasteiger partial charge in [-0.15, -0.1) is 0 Å². The van der Waals surface area contributed by atoms with E-state index < -0.39 is 11.7 Å². The number of nitrogens with one attached hydrogen (secondary N) is 1. The van der Waals surface area contributed by atoms with E-state index >= 15 is 0 Å². The van der Waals surface area contributed by atoms with Crippen molar-refractivity contribution < 1.29 is 13.2 Å². The Morgan fingerprint density at radius 1 is 1.08 bits per heavy atom. The second-order valence-corrected chi connectivity index (χ2v) is 6.61. The van der Waals surface area contributed by atoms with Crippen molar-refractivity contribution in [2.45, 2.75) is 31.6 Å². The van der Waals surface area contributed by atoms with Gasteiger partial charge in [-0.05, 0) is 42.7 Å². The number of hydrogen-bond acceptors (Lipinski definition) is 3. The zero-order chi connectivity index (χ0) is 17.9. The lowest BCUT2D eigenvalue weighted by Crippen LogP contribution is -2.42. The Morgan fingerprint density at radius 3 is 2.32 bits per heavy atom. The summed E-state index contributed by atoms with van der Waals surface area (Å²) in [6, 6.07) is 10.7. The van der Waals surface area contributed by atoms with Crippen LogP contribution in [0.1, 0.15) is 24.0 Å². The molecule has 3 nitrogen and oxygen atoms in total. The molecular formula is C18H19ClF3N3. The van der Waals surface area contributed by atoms with E-state index in [1.54, 1.807) is 0 Å². The molecule has 3 rings (SSSR count). The Hall–Kier alpha value is -1.79. The Kier molecular flexibility index (Phi) is 5.49. The van der Waals surface area contributed by atoms with Crippen molar-refractivity contribution in [2.24, 2.45) is 0 Å². The Balaban J connectivity index is 1.49. The molecule has 1 saturated heterocycles. The van der Waals surface area contributed by atoms with Crippen LogP contribution in [0.4, 0.5) is 19.0 Å². The van der Waals surface area contributed by atoms with Crippen molar-refractivity contribution in [1.82, 2.24) is 10.3 Å². The maximum Gasteiger partial charge on any atom is 0.417 e. The summed E-state index contributed by atoms with van der Waals surface area (Å²) in [5, 5.41) is 4.24. The second kappa shape index (κ2) is 7.62. The molecule has 1 aliphatic heterocycles. The third kappa shape index (κ3) is 4.86. The molecule has 2 aromatic rings. The molecule has 0 amide bonds. The fourth-order valence-corrected chi connectivity index (χ4v) is 3.04. The summed E-state index contributed by atoms with van der Waals surface area (Å²) in [7, 11) is 0. The van der Waals surface area contributed by atoms with E-state index in [9.17, 15) is 13.2 Å². The van der Waals surface area contributed by atoms with Gasteiger partial charge >= 0.3 is 6.18 Å². The molecule has 1 aliphatic rings. The number of piperidine rings is 1. The minimum Gasteiger partial charge on any atom is -0.357 e. The largest absolute Gasteiger partial charge is 0.417 e. The van der Waals surface area contributed by atoms with Gasteiger partial charge in [-0.1, -0.05) is 23.7 Å². The van der Waals surface area contributed by atoms with Gasteiger partial charge in [0, 0.05) is 36.9 Å². The van der Waals surface area contributed by atoms with Crippen molar-refractivity contribution in [3.05, 3.63) is 58.7 Å². The number of benzene rings is 1. The van der Waals surface area contributed by atoms with Gasteiger partial charge in [-0.3, -0.25) is 0 Å². The van der Waals surface area contributed by atoms with Gasteiger partial charge in [0.15, 0.2) is 0 Å². The smallest absolute Gasteiger partial charge is 0.357 e. The van der Waals surface area contributed by atoms with Crippen molar-refractivity contribution in [3.63, 3.8) is 0 Å². The van der Waals surface area contributed by atoms with Crippen LogP contribution in [0.3, 0.4) is 0 Å². The number of pyridine rings is 1. The van der Waals surface area contributed by atoms with E-state index in [4.69, 9.17) is 11.6 Å². The topological polar surface area (TPSA) is 28.2 Å². The summed E-state index contributed by atoms with van der Waals surface area (Å²) in [6.07, 6.45) is -1.59. The summed E-state index contributed by atoms with van der Waals surface area (Å²) in [5.41, 5.74) is 0.465. The summed E-state index contributed by atoms with van der Waals surface area (Å²) < 4.78 is 37.8. The molecule has 134 valence electrons. The maximum atomic E-state index is 12.6. The summed E-state index contributed by atoms with van der Waals surface area (Å²) in [5.74, 6) is 0.601. The molecule has 0 radical (unpaired) electrons. The molecule has 0 unspecified atom stereocenters. The summed E-state index contributed by atoms with van der Waals surface area (Å²) in [4.78, 5) is 6.00. The van der Waals surface area contributed by atoms with Gasteiger partial charge < -0.3 is 10.2 Å². The highest BCUT2D eigenvalue weighted by atomic mass is 35.5. The number of alkyl halides is 3. The fourth-order valence-electron chi connectivity index (χ4n) is 2.92. The lowest BCUT2D eigenvalue weighted by molar-refractivity contribution is -0.137. The summed E-state index contributed by atoms with van der Waals surface area (Å²) >= 11 is 5.88. The highest BCUT2D eigenvalue weighted by Crippen LogP contribution is 2.29. The monoisotopic (exact) mass is 369 g/mol. The average Bonchev–Trinajstić information content (AvgIpc) is 2.61. The highest BCUT2D eigenvalue weighted by Gasteiger charge is 2.31. The number of hydrogen-bond donors (Lipinski definition) is 1. The van der Waals surface area contributed by atoms with E-state index in [0.29, 0.717) is 11.9 Å². The third-order valence-corrected chi connectivity index (χ3v) is 4.65. The van der Waals surface area contributed by atoms with Gasteiger partial charge in [0.05, 0.1) is 5.56 Å². The minimum atomic E-state index is -4.34. The Bertz CT molecular complexity index is 678. The zero-order valence-electron chi connectivity index (χ0n) is 13.6. The predicted molar refractivity (Wildman–Crippen MR) is 92.8 cm³/mol. The molecule has 1 fully saturated rings. The first kappa shape index (κ1) is 18.0. The van der Waals surface area contributed by atoms with Crippen molar-refractivity contribution >= 4 is 17.4 Å². The highest BCUT2D eigenvalue weighted by molar-refractivity contribution is 6.30. The number of rotatable bonds is 4. The van der Waals surface area contributed by atoms with Crippen molar-refractivity contribution in [2.75, 3.05) is 18.0 Å². The van der Waals surface area contributed by atoms with Crippen LogP contribution in [-0.2, 0) is 12.7 Å². The molecule has 0 atom stereocenters. The predicted octanol–water partition coefficient (Wildman–Crippen LogP) is 4.51. The van der Waals surface area contributed by atoms with Gasteiger partial charge in [0.25, 0.3) is 0 Å². The second-order valence-electron chi connectivity index (χ2n) is 6.17. The van der Waals surface area contributed by atoms with Crippen LogP contribution >= 0.6 is 11.6 Å². The molecule has 7 heteroatoms. The fraction of sp³-hybridized carbons (Fsp3) is 0.389. The Morgan fingerprint density at radius 2 is 1.76 bits per heavy atom. The molecule has 1 aromatic carbocycles. The van der Waals surface area contributed by atoms with E-state index in [2.05, 4.69) is 10.3 Å². The van der Waals surface area contributed by atoms with E-state index in [-0.39, 0.29) is 0 Å². The number of anilines is 1. The number of aromatic nitrogens is 1. The van der Waals surface area contributed by atoms with Crippen LogP contribution in [0, 0.1) is 0 Å². The summed E-state index contributed by atoms with van der Waals surface area (Å²) in [6.45, 7) is 2.33. The van der Waals surface area contributed by atoms with Gasteiger partial charge in [-0.2, -0.15) is 13.2 Å². The molecule has 0 bridgehead atoms. The molecule has 0 spiro atoms. The normalized spacial score (nSPS) is 16.2. The molecule has 1 aromatic heterocycles. The zero-order valence-corrected chi connectivity index (χ0v) is 14.3. The van der Waals surface area contributed by atoms with Crippen molar-refractivity contribution in [1.29, 1.82) is 0 Å². The lowest BCUT2D eigenvalue weighted by atomic mass is 10.0. The quantitative estimate of drug-likeness (QED) is 0.859. The van der Waals surface area contributed by atoms with Crippen LogP contribution in [0.25, 0.3) is 0 Å². The van der Waals surface area contributed by atoms with Crippen molar-refractivity contribution in [3.8, 4) is 0 Å². The lowest BCUT2D eigenvalue weighted by Gasteiger charge is -2.33. The number of nitrogens with zero attached hydrogens (tertiary/aromatic N) is 2. The van der Waals surface area contributed by atoms with E-state index in [1.165, 1.54) is 11.6 Å². The van der Waals surface area contributed by atoms with Crippen LogP contribution < -0.4 is 10.2 Å².